The van der Waals surface area contributed by atoms with E-state index in [2.05, 4.69) is 31.1 Å². The Morgan fingerprint density at radius 2 is 1.83 bits per heavy atom. The Labute approximate surface area is 181 Å². The molecular formula is C20H27N3O3S3. The summed E-state index contributed by atoms with van der Waals surface area (Å²) in [4.78, 5) is 18.4. The molecule has 3 rings (SSSR count). The fourth-order valence-corrected chi connectivity index (χ4v) is 5.96. The second kappa shape index (κ2) is 8.75. The maximum Gasteiger partial charge on any atom is 0.243 e. The highest BCUT2D eigenvalue weighted by atomic mass is 32.2. The number of thioether (sulfide) groups is 1. The quantitative estimate of drug-likeness (QED) is 0.687. The minimum Gasteiger partial charge on any atom is -0.302 e. The van der Waals surface area contributed by atoms with E-state index in [1.807, 2.05) is 23.8 Å². The van der Waals surface area contributed by atoms with Crippen LogP contribution in [0.2, 0.25) is 0 Å². The Hall–Kier alpha value is -1.42. The molecule has 29 heavy (non-hydrogen) atoms. The average Bonchev–Trinajstić information content (AvgIpc) is 3.17. The summed E-state index contributed by atoms with van der Waals surface area (Å²) in [5.41, 5.74) is 0.888. The maximum atomic E-state index is 12.9. The molecule has 158 valence electrons. The zero-order valence-electron chi connectivity index (χ0n) is 17.1. The first-order chi connectivity index (χ1) is 13.6. The van der Waals surface area contributed by atoms with E-state index >= 15 is 0 Å². The van der Waals surface area contributed by atoms with Crippen molar-refractivity contribution in [1.29, 1.82) is 0 Å². The van der Waals surface area contributed by atoms with Gasteiger partial charge in [-0.05, 0) is 43.4 Å². The third-order valence-corrected chi connectivity index (χ3v) is 8.44. The van der Waals surface area contributed by atoms with Gasteiger partial charge in [0.2, 0.25) is 15.9 Å². The smallest absolute Gasteiger partial charge is 0.243 e. The molecule has 9 heteroatoms. The first kappa shape index (κ1) is 22.3. The van der Waals surface area contributed by atoms with E-state index in [4.69, 9.17) is 0 Å². The number of carbonyl (C=O) groups is 1. The van der Waals surface area contributed by atoms with E-state index in [1.165, 1.54) is 15.6 Å². The van der Waals surface area contributed by atoms with E-state index in [0.717, 1.165) is 10.6 Å². The van der Waals surface area contributed by atoms with Gasteiger partial charge in [-0.2, -0.15) is 4.31 Å². The number of piperidine rings is 1. The third-order valence-electron chi connectivity index (χ3n) is 5.02. The SMILES string of the molecule is CSc1ccc(S(=O)(=O)N2CCC(C(=O)Nc3nc(C(C)(C)C)cs3)CC2)cc1. The normalized spacial score (nSPS) is 16.7. The second-order valence-electron chi connectivity index (χ2n) is 8.13. The predicted octanol–water partition coefficient (Wildman–Crippen LogP) is 4.20. The highest BCUT2D eigenvalue weighted by Gasteiger charge is 2.32. The molecule has 1 saturated heterocycles. The largest absolute Gasteiger partial charge is 0.302 e. The summed E-state index contributed by atoms with van der Waals surface area (Å²) in [6.07, 6.45) is 2.96. The van der Waals surface area contributed by atoms with Crippen LogP contribution in [0.1, 0.15) is 39.3 Å². The van der Waals surface area contributed by atoms with Gasteiger partial charge < -0.3 is 5.32 Å². The molecule has 0 radical (unpaired) electrons. The zero-order chi connectivity index (χ0) is 21.2. The summed E-state index contributed by atoms with van der Waals surface area (Å²) in [5, 5.41) is 5.47. The van der Waals surface area contributed by atoms with Crippen LogP contribution in [0.5, 0.6) is 0 Å². The molecular weight excluding hydrogens is 426 g/mol. The highest BCUT2D eigenvalue weighted by Crippen LogP contribution is 2.29. The lowest BCUT2D eigenvalue weighted by Gasteiger charge is -2.30. The zero-order valence-corrected chi connectivity index (χ0v) is 19.6. The maximum absolute atomic E-state index is 12.9. The van der Waals surface area contributed by atoms with Gasteiger partial charge in [0.1, 0.15) is 0 Å². The Kier molecular flexibility index (Phi) is 6.72. The molecule has 0 atom stereocenters. The van der Waals surface area contributed by atoms with Crippen LogP contribution in [0, 0.1) is 5.92 Å². The topological polar surface area (TPSA) is 79.4 Å². The predicted molar refractivity (Wildman–Crippen MR) is 119 cm³/mol. The number of rotatable bonds is 5. The van der Waals surface area contributed by atoms with Gasteiger partial charge in [0.25, 0.3) is 0 Å². The number of thiazole rings is 1. The van der Waals surface area contributed by atoms with Crippen LogP contribution >= 0.6 is 23.1 Å². The van der Waals surface area contributed by atoms with Gasteiger partial charge in [0.15, 0.2) is 5.13 Å². The number of hydrogen-bond acceptors (Lipinski definition) is 6. The summed E-state index contributed by atoms with van der Waals surface area (Å²) in [6, 6.07) is 6.93. The molecule has 0 bridgehead atoms. The van der Waals surface area contributed by atoms with E-state index < -0.39 is 10.0 Å². The summed E-state index contributed by atoms with van der Waals surface area (Å²) in [7, 11) is -3.53. The lowest BCUT2D eigenvalue weighted by atomic mass is 9.93. The Morgan fingerprint density at radius 1 is 1.21 bits per heavy atom. The van der Waals surface area contributed by atoms with Gasteiger partial charge in [-0.3, -0.25) is 4.79 Å². The van der Waals surface area contributed by atoms with Gasteiger partial charge in [0.05, 0.1) is 10.6 Å². The molecule has 0 unspecified atom stereocenters. The van der Waals surface area contributed by atoms with Gasteiger partial charge in [0, 0.05) is 34.7 Å². The van der Waals surface area contributed by atoms with E-state index in [0.29, 0.717) is 36.0 Å². The molecule has 2 aromatic rings. The Morgan fingerprint density at radius 3 is 2.34 bits per heavy atom. The Bertz CT molecular complexity index is 955. The van der Waals surface area contributed by atoms with Crippen molar-refractivity contribution in [3.05, 3.63) is 35.3 Å². The summed E-state index contributed by atoms with van der Waals surface area (Å²) < 4.78 is 27.2. The Balaban J connectivity index is 1.59. The van der Waals surface area contributed by atoms with Crippen LogP contribution in [0.15, 0.2) is 39.4 Å². The van der Waals surface area contributed by atoms with Gasteiger partial charge >= 0.3 is 0 Å². The molecule has 2 heterocycles. The minimum atomic E-state index is -3.53. The van der Waals surface area contributed by atoms with Crippen molar-refractivity contribution in [2.75, 3.05) is 24.7 Å². The first-order valence-corrected chi connectivity index (χ1v) is 13.1. The molecule has 1 aliphatic rings. The molecule has 6 nitrogen and oxygen atoms in total. The molecule has 1 aromatic heterocycles. The number of hydrogen-bond donors (Lipinski definition) is 1. The summed E-state index contributed by atoms with van der Waals surface area (Å²) in [5.74, 6) is -0.288. The average molecular weight is 454 g/mol. The van der Waals surface area contributed by atoms with E-state index in [1.54, 1.807) is 23.9 Å². The molecule has 1 amide bonds. The number of aromatic nitrogens is 1. The molecule has 0 aliphatic carbocycles. The number of sulfonamides is 1. The van der Waals surface area contributed by atoms with Crippen molar-refractivity contribution >= 4 is 44.2 Å². The summed E-state index contributed by atoms with van der Waals surface area (Å²) >= 11 is 3.00. The van der Waals surface area contributed by atoms with Crippen LogP contribution in [0.4, 0.5) is 5.13 Å². The van der Waals surface area contributed by atoms with Crippen molar-refractivity contribution in [3.8, 4) is 0 Å². The third kappa shape index (κ3) is 5.20. The van der Waals surface area contributed by atoms with Crippen molar-refractivity contribution in [3.63, 3.8) is 0 Å². The van der Waals surface area contributed by atoms with Crippen LogP contribution in [0.3, 0.4) is 0 Å². The van der Waals surface area contributed by atoms with Gasteiger partial charge in [-0.15, -0.1) is 23.1 Å². The van der Waals surface area contributed by atoms with Gasteiger partial charge in [-0.1, -0.05) is 20.8 Å². The fraction of sp³-hybridized carbons (Fsp3) is 0.500. The van der Waals surface area contributed by atoms with Crippen LogP contribution in [-0.4, -0.2) is 43.0 Å². The van der Waals surface area contributed by atoms with Crippen LogP contribution in [0.25, 0.3) is 0 Å². The van der Waals surface area contributed by atoms with Crippen molar-refractivity contribution in [1.82, 2.24) is 9.29 Å². The highest BCUT2D eigenvalue weighted by molar-refractivity contribution is 7.98. The number of amides is 1. The molecule has 0 saturated carbocycles. The molecule has 1 aliphatic heterocycles. The second-order valence-corrected chi connectivity index (χ2v) is 11.8. The molecule has 1 N–H and O–H groups in total. The van der Waals surface area contributed by atoms with Crippen LogP contribution < -0.4 is 5.32 Å². The lowest BCUT2D eigenvalue weighted by molar-refractivity contribution is -0.120. The lowest BCUT2D eigenvalue weighted by Crippen LogP contribution is -2.41. The molecule has 0 spiro atoms. The number of benzene rings is 1. The summed E-state index contributed by atoms with van der Waals surface area (Å²) in [6.45, 7) is 6.93. The number of nitrogens with zero attached hydrogens (tertiary/aromatic N) is 2. The van der Waals surface area contributed by atoms with Crippen LogP contribution in [-0.2, 0) is 20.2 Å². The fourth-order valence-electron chi connectivity index (χ4n) is 3.14. The number of carbonyl (C=O) groups excluding carboxylic acids is 1. The number of anilines is 1. The van der Waals surface area contributed by atoms with E-state index in [9.17, 15) is 13.2 Å². The number of nitrogens with one attached hydrogen (secondary N) is 1. The molecule has 1 aromatic carbocycles. The van der Waals surface area contributed by atoms with E-state index in [-0.39, 0.29) is 17.2 Å². The standard InChI is InChI=1S/C20H27N3O3S3/c1-20(2,3)17-13-28-19(21-17)22-18(24)14-9-11-23(12-10-14)29(25,26)16-7-5-15(27-4)6-8-16/h5-8,13-14H,9-12H2,1-4H3,(H,21,22,24). The van der Waals surface area contributed by atoms with Crippen molar-refractivity contribution < 1.29 is 13.2 Å². The van der Waals surface area contributed by atoms with Gasteiger partial charge in [-0.25, -0.2) is 13.4 Å². The first-order valence-electron chi connectivity index (χ1n) is 9.52. The van der Waals surface area contributed by atoms with Crippen molar-refractivity contribution in [2.24, 2.45) is 5.92 Å². The monoisotopic (exact) mass is 453 g/mol. The molecule has 1 fully saturated rings. The van der Waals surface area contributed by atoms with Crippen molar-refractivity contribution in [2.45, 2.75) is 48.8 Å². The minimum absolute atomic E-state index is 0.0623.